The van der Waals surface area contributed by atoms with Crippen LogP contribution in [0.3, 0.4) is 0 Å². The van der Waals surface area contributed by atoms with E-state index in [1.165, 1.54) is 5.56 Å². The number of carbonyl (C=O) groups is 1. The predicted molar refractivity (Wildman–Crippen MR) is 64.5 cm³/mol. The molecule has 0 aliphatic carbocycles. The average molecular weight is 231 g/mol. The lowest BCUT2D eigenvalue weighted by atomic mass is 9.70. The molecule has 3 rings (SSSR count). The lowest BCUT2D eigenvalue weighted by molar-refractivity contribution is -0.146. The molecule has 0 radical (unpaired) electrons. The topological polar surface area (TPSA) is 38.3 Å². The summed E-state index contributed by atoms with van der Waals surface area (Å²) in [5.41, 5.74) is 0.902. The van der Waals surface area contributed by atoms with Crippen molar-refractivity contribution in [2.75, 3.05) is 19.7 Å². The molecule has 2 aliphatic heterocycles. The summed E-state index contributed by atoms with van der Waals surface area (Å²) < 4.78 is 5.30. The quantitative estimate of drug-likeness (QED) is 0.781. The Morgan fingerprint density at radius 1 is 1.35 bits per heavy atom. The molecular formula is C14H17NO2. The zero-order chi connectivity index (χ0) is 11.7. The van der Waals surface area contributed by atoms with Gasteiger partial charge in [-0.15, -0.1) is 0 Å². The molecular weight excluding hydrogens is 214 g/mol. The summed E-state index contributed by atoms with van der Waals surface area (Å²) in [5, 5.41) is 3.35. The Balaban J connectivity index is 1.89. The Labute approximate surface area is 101 Å². The lowest BCUT2D eigenvalue weighted by Gasteiger charge is -2.35. The summed E-state index contributed by atoms with van der Waals surface area (Å²) in [6.45, 7) is 2.36. The van der Waals surface area contributed by atoms with Crippen molar-refractivity contribution < 1.29 is 9.53 Å². The highest BCUT2D eigenvalue weighted by Crippen LogP contribution is 2.42. The molecule has 0 saturated carbocycles. The third-order valence-electron chi connectivity index (χ3n) is 4.08. The van der Waals surface area contributed by atoms with E-state index in [0.29, 0.717) is 12.5 Å². The van der Waals surface area contributed by atoms with Crippen LogP contribution in [0.25, 0.3) is 0 Å². The van der Waals surface area contributed by atoms with Gasteiger partial charge in [0.25, 0.3) is 0 Å². The van der Waals surface area contributed by atoms with Crippen LogP contribution in [-0.2, 0) is 16.0 Å². The number of fused-ring (bicyclic) bond motifs is 1. The minimum absolute atomic E-state index is 0.0152. The van der Waals surface area contributed by atoms with Crippen molar-refractivity contribution in [3.05, 3.63) is 35.9 Å². The highest BCUT2D eigenvalue weighted by atomic mass is 16.5. The molecule has 2 heterocycles. The maximum absolute atomic E-state index is 12.1. The van der Waals surface area contributed by atoms with Crippen molar-refractivity contribution in [1.29, 1.82) is 0 Å². The summed E-state index contributed by atoms with van der Waals surface area (Å²) in [5.74, 6) is 0.370. The Kier molecular flexibility index (Phi) is 2.63. The van der Waals surface area contributed by atoms with Crippen LogP contribution in [0.15, 0.2) is 30.3 Å². The third kappa shape index (κ3) is 1.75. The highest BCUT2D eigenvalue weighted by Gasteiger charge is 2.53. The van der Waals surface area contributed by atoms with Gasteiger partial charge in [0.1, 0.15) is 0 Å². The van der Waals surface area contributed by atoms with Gasteiger partial charge in [0.2, 0.25) is 0 Å². The third-order valence-corrected chi connectivity index (χ3v) is 4.08. The van der Waals surface area contributed by atoms with E-state index in [1.807, 2.05) is 18.2 Å². The second kappa shape index (κ2) is 4.15. The normalized spacial score (nSPS) is 32.0. The number of esters is 1. The van der Waals surface area contributed by atoms with Gasteiger partial charge in [-0.3, -0.25) is 4.79 Å². The molecule has 0 aromatic heterocycles. The second-order valence-electron chi connectivity index (χ2n) is 5.08. The van der Waals surface area contributed by atoms with Gasteiger partial charge < -0.3 is 10.1 Å². The standard InChI is InChI=1S/C14H17NO2/c16-13-14(8-11-4-2-1-3-5-11)10-15-7-6-12(14)9-17-13/h1-5,12,15H,6-10H2. The van der Waals surface area contributed by atoms with Crippen LogP contribution in [0.2, 0.25) is 0 Å². The fourth-order valence-electron chi connectivity index (χ4n) is 3.05. The van der Waals surface area contributed by atoms with E-state index in [0.717, 1.165) is 25.9 Å². The molecule has 2 fully saturated rings. The average Bonchev–Trinajstić information content (AvgIpc) is 2.69. The Morgan fingerprint density at radius 3 is 3.00 bits per heavy atom. The number of hydrogen-bond acceptors (Lipinski definition) is 3. The van der Waals surface area contributed by atoms with E-state index in [9.17, 15) is 4.79 Å². The van der Waals surface area contributed by atoms with Gasteiger partial charge in [0.05, 0.1) is 12.0 Å². The van der Waals surface area contributed by atoms with E-state index in [-0.39, 0.29) is 11.4 Å². The first kappa shape index (κ1) is 10.8. The fourth-order valence-corrected chi connectivity index (χ4v) is 3.05. The summed E-state index contributed by atoms with van der Waals surface area (Å²) >= 11 is 0. The zero-order valence-corrected chi connectivity index (χ0v) is 9.82. The number of carbonyl (C=O) groups excluding carboxylic acids is 1. The molecule has 2 unspecified atom stereocenters. The lowest BCUT2D eigenvalue weighted by Crippen LogP contribution is -2.49. The van der Waals surface area contributed by atoms with Gasteiger partial charge in [-0.1, -0.05) is 30.3 Å². The number of ether oxygens (including phenoxy) is 1. The Bertz CT molecular complexity index is 417. The minimum Gasteiger partial charge on any atom is -0.465 e. The van der Waals surface area contributed by atoms with Gasteiger partial charge in [0.15, 0.2) is 0 Å². The van der Waals surface area contributed by atoms with Gasteiger partial charge in [0, 0.05) is 12.5 Å². The van der Waals surface area contributed by atoms with Gasteiger partial charge in [-0.2, -0.15) is 0 Å². The fraction of sp³-hybridized carbons (Fsp3) is 0.500. The van der Waals surface area contributed by atoms with Crippen molar-refractivity contribution in [1.82, 2.24) is 5.32 Å². The number of nitrogens with one attached hydrogen (secondary N) is 1. The molecule has 0 spiro atoms. The van der Waals surface area contributed by atoms with Crippen LogP contribution in [0, 0.1) is 11.3 Å². The molecule has 1 aromatic rings. The number of hydrogen-bond donors (Lipinski definition) is 1. The first-order valence-corrected chi connectivity index (χ1v) is 6.23. The van der Waals surface area contributed by atoms with Gasteiger partial charge in [-0.25, -0.2) is 0 Å². The number of piperidine rings is 1. The van der Waals surface area contributed by atoms with E-state index >= 15 is 0 Å². The van der Waals surface area contributed by atoms with E-state index in [4.69, 9.17) is 4.74 Å². The SMILES string of the molecule is O=C1OCC2CCNCC12Cc1ccccc1. The molecule has 1 aromatic carbocycles. The molecule has 0 bridgehead atoms. The molecule has 3 heteroatoms. The van der Waals surface area contributed by atoms with Crippen molar-refractivity contribution in [3.8, 4) is 0 Å². The summed E-state index contributed by atoms with van der Waals surface area (Å²) in [6, 6.07) is 10.2. The van der Waals surface area contributed by atoms with Crippen LogP contribution in [-0.4, -0.2) is 25.7 Å². The summed E-state index contributed by atoms with van der Waals surface area (Å²) in [6.07, 6.45) is 1.84. The minimum atomic E-state index is -0.320. The largest absolute Gasteiger partial charge is 0.465 e. The first-order valence-electron chi connectivity index (χ1n) is 6.23. The molecule has 0 amide bonds. The van der Waals surface area contributed by atoms with Crippen molar-refractivity contribution in [2.24, 2.45) is 11.3 Å². The number of rotatable bonds is 2. The highest BCUT2D eigenvalue weighted by molar-refractivity contribution is 5.80. The first-order chi connectivity index (χ1) is 8.31. The van der Waals surface area contributed by atoms with Crippen molar-refractivity contribution >= 4 is 5.97 Å². The Morgan fingerprint density at radius 2 is 2.18 bits per heavy atom. The molecule has 17 heavy (non-hydrogen) atoms. The molecule has 2 saturated heterocycles. The van der Waals surface area contributed by atoms with Crippen molar-refractivity contribution in [2.45, 2.75) is 12.8 Å². The smallest absolute Gasteiger partial charge is 0.314 e. The Hall–Kier alpha value is -1.35. The van der Waals surface area contributed by atoms with E-state index in [2.05, 4.69) is 17.4 Å². The van der Waals surface area contributed by atoms with Crippen molar-refractivity contribution in [3.63, 3.8) is 0 Å². The maximum atomic E-state index is 12.1. The molecule has 2 aliphatic rings. The van der Waals surface area contributed by atoms with Crippen LogP contribution in [0.1, 0.15) is 12.0 Å². The van der Waals surface area contributed by atoms with Crippen LogP contribution in [0.5, 0.6) is 0 Å². The molecule has 1 N–H and O–H groups in total. The molecule has 2 atom stereocenters. The van der Waals surface area contributed by atoms with Gasteiger partial charge in [-0.05, 0) is 24.9 Å². The number of cyclic esters (lactones) is 1. The number of benzene rings is 1. The monoisotopic (exact) mass is 231 g/mol. The summed E-state index contributed by atoms with van der Waals surface area (Å²) in [7, 11) is 0. The second-order valence-corrected chi connectivity index (χ2v) is 5.08. The van der Waals surface area contributed by atoms with Crippen LogP contribution >= 0.6 is 0 Å². The maximum Gasteiger partial charge on any atom is 0.314 e. The van der Waals surface area contributed by atoms with Crippen LogP contribution in [0.4, 0.5) is 0 Å². The predicted octanol–water partition coefficient (Wildman–Crippen LogP) is 1.38. The molecule has 90 valence electrons. The van der Waals surface area contributed by atoms with E-state index in [1.54, 1.807) is 0 Å². The van der Waals surface area contributed by atoms with E-state index < -0.39 is 0 Å². The summed E-state index contributed by atoms with van der Waals surface area (Å²) in [4.78, 5) is 12.1. The zero-order valence-electron chi connectivity index (χ0n) is 9.82. The molecule has 3 nitrogen and oxygen atoms in total. The van der Waals surface area contributed by atoms with Crippen LogP contribution < -0.4 is 5.32 Å². The van der Waals surface area contributed by atoms with Gasteiger partial charge >= 0.3 is 5.97 Å².